The van der Waals surface area contributed by atoms with Gasteiger partial charge in [0.15, 0.2) is 0 Å². The first-order valence-electron chi connectivity index (χ1n) is 5.09. The molecule has 1 aromatic carbocycles. The Morgan fingerprint density at radius 3 is 2.81 bits per heavy atom. The number of carbonyl (C=O) groups excluding carboxylic acids is 1. The van der Waals surface area contributed by atoms with Crippen LogP contribution in [0.15, 0.2) is 24.3 Å². The predicted octanol–water partition coefficient (Wildman–Crippen LogP) is 1.99. The number of halogens is 1. The summed E-state index contributed by atoms with van der Waals surface area (Å²) in [5, 5.41) is 15.0. The Hall–Kier alpha value is -1.26. The third kappa shape index (κ3) is 2.65. The van der Waals surface area contributed by atoms with Gasteiger partial charge in [-0.05, 0) is 31.0 Å². The maximum absolute atomic E-state index is 11.6. The SMILES string of the molecule is O=C(Nc1cccc(Cl)c1)NC1(CO)CC1. The predicted molar refractivity (Wildman–Crippen MR) is 62.7 cm³/mol. The fraction of sp³-hybridized carbons (Fsp3) is 0.364. The lowest BCUT2D eigenvalue weighted by Gasteiger charge is -2.14. The van der Waals surface area contributed by atoms with Crippen molar-refractivity contribution < 1.29 is 9.90 Å². The van der Waals surface area contributed by atoms with Crippen LogP contribution in [0, 0.1) is 0 Å². The number of rotatable bonds is 3. The first kappa shape index (κ1) is 11.2. The molecular weight excluding hydrogens is 228 g/mol. The van der Waals surface area contributed by atoms with Crippen molar-refractivity contribution in [2.75, 3.05) is 11.9 Å². The molecule has 16 heavy (non-hydrogen) atoms. The molecule has 0 radical (unpaired) electrons. The highest BCUT2D eigenvalue weighted by molar-refractivity contribution is 6.30. The lowest BCUT2D eigenvalue weighted by atomic mass is 10.3. The van der Waals surface area contributed by atoms with Gasteiger partial charge in [0.25, 0.3) is 0 Å². The number of anilines is 1. The van der Waals surface area contributed by atoms with Crippen molar-refractivity contribution in [2.24, 2.45) is 0 Å². The van der Waals surface area contributed by atoms with Crippen molar-refractivity contribution in [3.63, 3.8) is 0 Å². The maximum Gasteiger partial charge on any atom is 0.319 e. The monoisotopic (exact) mass is 240 g/mol. The Kier molecular flexibility index (Phi) is 3.03. The molecule has 2 amide bonds. The Labute approximate surface area is 98.6 Å². The number of benzene rings is 1. The van der Waals surface area contributed by atoms with Crippen LogP contribution in [0.3, 0.4) is 0 Å². The first-order chi connectivity index (χ1) is 7.63. The molecule has 0 saturated heterocycles. The zero-order chi connectivity index (χ0) is 11.6. The van der Waals surface area contributed by atoms with E-state index < -0.39 is 5.54 Å². The third-order valence-electron chi connectivity index (χ3n) is 2.62. The topological polar surface area (TPSA) is 61.4 Å². The largest absolute Gasteiger partial charge is 0.394 e. The highest BCUT2D eigenvalue weighted by Crippen LogP contribution is 2.34. The molecule has 0 bridgehead atoms. The number of amides is 2. The number of hydrogen-bond donors (Lipinski definition) is 3. The molecule has 5 heteroatoms. The van der Waals surface area contributed by atoms with Gasteiger partial charge in [-0.3, -0.25) is 0 Å². The van der Waals surface area contributed by atoms with Gasteiger partial charge in [-0.1, -0.05) is 17.7 Å². The van der Waals surface area contributed by atoms with Crippen molar-refractivity contribution >= 4 is 23.3 Å². The smallest absolute Gasteiger partial charge is 0.319 e. The standard InChI is InChI=1S/C11H13ClN2O2/c12-8-2-1-3-9(6-8)13-10(16)14-11(7-15)4-5-11/h1-3,6,15H,4-5,7H2,(H2,13,14,16). The molecule has 1 saturated carbocycles. The summed E-state index contributed by atoms with van der Waals surface area (Å²) in [6, 6.07) is 6.61. The molecule has 0 unspecified atom stereocenters. The number of carbonyl (C=O) groups is 1. The average Bonchev–Trinajstić information content (AvgIpc) is 2.98. The van der Waals surface area contributed by atoms with Crippen LogP contribution in [0.2, 0.25) is 5.02 Å². The Balaban J connectivity index is 1.92. The van der Waals surface area contributed by atoms with Gasteiger partial charge in [0.2, 0.25) is 0 Å². The second-order valence-electron chi connectivity index (χ2n) is 4.03. The molecule has 0 atom stereocenters. The van der Waals surface area contributed by atoms with Crippen LogP contribution >= 0.6 is 11.6 Å². The summed E-state index contributed by atoms with van der Waals surface area (Å²) in [5.74, 6) is 0. The molecule has 4 nitrogen and oxygen atoms in total. The maximum atomic E-state index is 11.6. The van der Waals surface area contributed by atoms with Crippen LogP contribution in [0.5, 0.6) is 0 Å². The Morgan fingerprint density at radius 1 is 1.50 bits per heavy atom. The molecule has 1 aliphatic carbocycles. The normalized spacial score (nSPS) is 16.6. The van der Waals surface area contributed by atoms with E-state index in [0.29, 0.717) is 10.7 Å². The van der Waals surface area contributed by atoms with Gasteiger partial charge < -0.3 is 15.7 Å². The minimum atomic E-state index is -0.400. The van der Waals surface area contributed by atoms with Crippen molar-refractivity contribution in [3.05, 3.63) is 29.3 Å². The Morgan fingerprint density at radius 2 is 2.25 bits per heavy atom. The van der Waals surface area contributed by atoms with Gasteiger partial charge in [-0.2, -0.15) is 0 Å². The van der Waals surface area contributed by atoms with Gasteiger partial charge >= 0.3 is 6.03 Å². The minimum absolute atomic E-state index is 0.0179. The van der Waals surface area contributed by atoms with E-state index in [1.165, 1.54) is 0 Å². The van der Waals surface area contributed by atoms with Crippen LogP contribution < -0.4 is 10.6 Å². The van der Waals surface area contributed by atoms with E-state index >= 15 is 0 Å². The molecule has 2 rings (SSSR count). The molecule has 0 heterocycles. The van der Waals surface area contributed by atoms with E-state index in [1.54, 1.807) is 24.3 Å². The Bertz CT molecular complexity index is 405. The van der Waals surface area contributed by atoms with Gasteiger partial charge in [-0.15, -0.1) is 0 Å². The fourth-order valence-electron chi connectivity index (χ4n) is 1.44. The quantitative estimate of drug-likeness (QED) is 0.757. The number of nitrogens with one attached hydrogen (secondary N) is 2. The van der Waals surface area contributed by atoms with E-state index in [0.717, 1.165) is 12.8 Å². The van der Waals surface area contributed by atoms with E-state index in [1.807, 2.05) is 0 Å². The molecule has 1 aliphatic rings. The van der Waals surface area contributed by atoms with Crippen LogP contribution in [0.4, 0.5) is 10.5 Å². The van der Waals surface area contributed by atoms with E-state index in [2.05, 4.69) is 10.6 Å². The van der Waals surface area contributed by atoms with E-state index in [4.69, 9.17) is 16.7 Å². The van der Waals surface area contributed by atoms with Crippen molar-refractivity contribution in [2.45, 2.75) is 18.4 Å². The van der Waals surface area contributed by atoms with E-state index in [-0.39, 0.29) is 12.6 Å². The summed E-state index contributed by atoms with van der Waals surface area (Å²) in [6.07, 6.45) is 1.65. The molecule has 1 fully saturated rings. The van der Waals surface area contributed by atoms with Gasteiger partial charge in [-0.25, -0.2) is 4.79 Å². The summed E-state index contributed by atoms with van der Waals surface area (Å²) in [4.78, 5) is 11.6. The first-order valence-corrected chi connectivity index (χ1v) is 5.47. The lowest BCUT2D eigenvalue weighted by Crippen LogP contribution is -2.42. The summed E-state index contributed by atoms with van der Waals surface area (Å²) in [5.41, 5.74) is 0.238. The van der Waals surface area contributed by atoms with Gasteiger partial charge in [0.05, 0.1) is 12.1 Å². The number of aliphatic hydroxyl groups is 1. The summed E-state index contributed by atoms with van der Waals surface area (Å²) in [7, 11) is 0. The lowest BCUT2D eigenvalue weighted by molar-refractivity contribution is 0.217. The summed E-state index contributed by atoms with van der Waals surface area (Å²) < 4.78 is 0. The number of aliphatic hydroxyl groups excluding tert-OH is 1. The van der Waals surface area contributed by atoms with Crippen LogP contribution in [0.1, 0.15) is 12.8 Å². The average molecular weight is 241 g/mol. The second-order valence-corrected chi connectivity index (χ2v) is 4.46. The van der Waals surface area contributed by atoms with E-state index in [9.17, 15) is 4.79 Å². The van der Waals surface area contributed by atoms with Crippen LogP contribution in [0.25, 0.3) is 0 Å². The molecule has 86 valence electrons. The zero-order valence-electron chi connectivity index (χ0n) is 8.66. The molecular formula is C11H13ClN2O2. The second kappa shape index (κ2) is 4.31. The van der Waals surface area contributed by atoms with Gasteiger partial charge in [0, 0.05) is 10.7 Å². The summed E-state index contributed by atoms with van der Waals surface area (Å²) >= 11 is 5.79. The molecule has 0 aromatic heterocycles. The third-order valence-corrected chi connectivity index (χ3v) is 2.85. The molecule has 3 N–H and O–H groups in total. The molecule has 0 aliphatic heterocycles. The van der Waals surface area contributed by atoms with Crippen molar-refractivity contribution in [3.8, 4) is 0 Å². The number of hydrogen-bond acceptors (Lipinski definition) is 2. The highest BCUT2D eigenvalue weighted by Gasteiger charge is 2.43. The van der Waals surface area contributed by atoms with Crippen molar-refractivity contribution in [1.29, 1.82) is 0 Å². The van der Waals surface area contributed by atoms with Gasteiger partial charge in [0.1, 0.15) is 0 Å². The molecule has 1 aromatic rings. The molecule has 0 spiro atoms. The fourth-order valence-corrected chi connectivity index (χ4v) is 1.63. The van der Waals surface area contributed by atoms with Crippen molar-refractivity contribution in [1.82, 2.24) is 5.32 Å². The number of urea groups is 1. The summed E-state index contributed by atoms with van der Waals surface area (Å²) in [6.45, 7) is -0.0179. The van der Waals surface area contributed by atoms with Crippen LogP contribution in [-0.4, -0.2) is 23.3 Å². The zero-order valence-corrected chi connectivity index (χ0v) is 9.42. The minimum Gasteiger partial charge on any atom is -0.394 e. The van der Waals surface area contributed by atoms with Crippen LogP contribution in [-0.2, 0) is 0 Å². The highest BCUT2D eigenvalue weighted by atomic mass is 35.5.